The van der Waals surface area contributed by atoms with Crippen LogP contribution in [0.5, 0.6) is 0 Å². The Morgan fingerprint density at radius 1 is 1.06 bits per heavy atom. The minimum absolute atomic E-state index is 0.0647. The highest BCUT2D eigenvalue weighted by molar-refractivity contribution is 7.89. The Morgan fingerprint density at radius 2 is 1.77 bits per heavy atom. The number of nitrogens with one attached hydrogen (secondary N) is 2. The summed E-state index contributed by atoms with van der Waals surface area (Å²) in [5, 5.41) is 14.4. The van der Waals surface area contributed by atoms with E-state index >= 15 is 0 Å². The summed E-state index contributed by atoms with van der Waals surface area (Å²) in [5.74, 6) is -1.31. The van der Waals surface area contributed by atoms with Crippen molar-refractivity contribution in [2.24, 2.45) is 0 Å². The van der Waals surface area contributed by atoms with Crippen molar-refractivity contribution in [3.63, 3.8) is 0 Å². The second-order valence-corrected chi connectivity index (χ2v) is 8.38. The van der Waals surface area contributed by atoms with Crippen molar-refractivity contribution in [3.05, 3.63) is 54.1 Å². The second-order valence-electron chi connectivity index (χ2n) is 6.44. The molecule has 0 unspecified atom stereocenters. The first-order valence-corrected chi connectivity index (χ1v) is 11.3. The predicted molar refractivity (Wildman–Crippen MR) is 117 cm³/mol. The lowest BCUT2D eigenvalue weighted by molar-refractivity contribution is -0.119. The Kier molecular flexibility index (Phi) is 8.98. The highest BCUT2D eigenvalue weighted by atomic mass is 32.2. The number of carbonyl (C=O) groups excluding carboxylic acids is 2. The number of anilines is 2. The van der Waals surface area contributed by atoms with Gasteiger partial charge in [0.25, 0.3) is 5.91 Å². The molecule has 2 aromatic rings. The molecule has 1 amide bonds. The number of aliphatic hydroxyl groups excluding tert-OH is 1. The standard InChI is InChI=1S/C21H27N3O6S/c1-3-24(4-2)31(28,29)17-9-7-8-16(14-17)23-20(26)15-30-21(27)18-10-5-6-11-19(18)22-12-13-25/h5-11,14,22,25H,3-4,12-13,15H2,1-2H3,(H,23,26). The van der Waals surface area contributed by atoms with Crippen LogP contribution < -0.4 is 10.6 Å². The molecule has 2 rings (SSSR count). The Morgan fingerprint density at radius 3 is 2.45 bits per heavy atom. The zero-order chi connectivity index (χ0) is 22.9. The average Bonchev–Trinajstić information content (AvgIpc) is 2.77. The summed E-state index contributed by atoms with van der Waals surface area (Å²) in [6.07, 6.45) is 0. The van der Waals surface area contributed by atoms with Crippen molar-refractivity contribution < 1.29 is 27.9 Å². The molecule has 9 nitrogen and oxygen atoms in total. The van der Waals surface area contributed by atoms with Crippen LogP contribution in [0.3, 0.4) is 0 Å². The number of sulfonamides is 1. The molecule has 10 heteroatoms. The summed E-state index contributed by atoms with van der Waals surface area (Å²) in [5.41, 5.74) is 0.992. The fourth-order valence-electron chi connectivity index (χ4n) is 2.86. The third kappa shape index (κ3) is 6.51. The van der Waals surface area contributed by atoms with E-state index in [4.69, 9.17) is 9.84 Å². The van der Waals surface area contributed by atoms with E-state index in [-0.39, 0.29) is 29.3 Å². The second kappa shape index (κ2) is 11.4. The molecule has 0 heterocycles. The average molecular weight is 450 g/mol. The molecule has 0 bridgehead atoms. The van der Waals surface area contributed by atoms with Crippen LogP contribution in [0.15, 0.2) is 53.4 Å². The molecule has 31 heavy (non-hydrogen) atoms. The molecule has 2 aromatic carbocycles. The molecular formula is C21H27N3O6S. The van der Waals surface area contributed by atoms with Gasteiger partial charge in [-0.1, -0.05) is 32.0 Å². The molecule has 3 N–H and O–H groups in total. The third-order valence-corrected chi connectivity index (χ3v) is 6.42. The van der Waals surface area contributed by atoms with Crippen molar-refractivity contribution in [1.82, 2.24) is 4.31 Å². The van der Waals surface area contributed by atoms with E-state index in [1.807, 2.05) is 0 Å². The Hall–Kier alpha value is -2.95. The summed E-state index contributed by atoms with van der Waals surface area (Å²) >= 11 is 0. The van der Waals surface area contributed by atoms with Crippen molar-refractivity contribution in [1.29, 1.82) is 0 Å². The Balaban J connectivity index is 2.02. The first kappa shape index (κ1) is 24.3. The lowest BCUT2D eigenvalue weighted by Gasteiger charge is -2.18. The molecule has 168 valence electrons. The smallest absolute Gasteiger partial charge is 0.340 e. The quantitative estimate of drug-likeness (QED) is 0.448. The highest BCUT2D eigenvalue weighted by Crippen LogP contribution is 2.20. The number of aliphatic hydroxyl groups is 1. The predicted octanol–water partition coefficient (Wildman–Crippen LogP) is 1.92. The fraction of sp³-hybridized carbons (Fsp3) is 0.333. The van der Waals surface area contributed by atoms with Gasteiger partial charge in [-0.25, -0.2) is 13.2 Å². The molecular weight excluding hydrogens is 422 g/mol. The third-order valence-electron chi connectivity index (χ3n) is 4.37. The van der Waals surface area contributed by atoms with Crippen LogP contribution in [-0.2, 0) is 19.6 Å². The number of carbonyl (C=O) groups is 2. The summed E-state index contributed by atoms with van der Waals surface area (Å²) in [6, 6.07) is 12.5. The largest absolute Gasteiger partial charge is 0.452 e. The number of nitrogens with zero attached hydrogens (tertiary/aromatic N) is 1. The monoisotopic (exact) mass is 449 g/mol. The van der Waals surface area contributed by atoms with Crippen LogP contribution in [0.2, 0.25) is 0 Å². The van der Waals surface area contributed by atoms with Crippen molar-refractivity contribution in [3.8, 4) is 0 Å². The number of hydrogen-bond donors (Lipinski definition) is 3. The van der Waals surface area contributed by atoms with Crippen LogP contribution in [0.4, 0.5) is 11.4 Å². The van der Waals surface area contributed by atoms with Crippen molar-refractivity contribution in [2.45, 2.75) is 18.7 Å². The maximum absolute atomic E-state index is 12.6. The molecule has 0 atom stereocenters. The highest BCUT2D eigenvalue weighted by Gasteiger charge is 2.22. The molecule has 0 aliphatic carbocycles. The van der Waals surface area contributed by atoms with Gasteiger partial charge in [-0.3, -0.25) is 4.79 Å². The van der Waals surface area contributed by atoms with Gasteiger partial charge >= 0.3 is 5.97 Å². The Bertz CT molecular complexity index is 1010. The number of amides is 1. The number of para-hydroxylation sites is 1. The molecule has 0 aliphatic heterocycles. The maximum atomic E-state index is 12.6. The molecule has 0 spiro atoms. The van der Waals surface area contributed by atoms with Gasteiger partial charge in [-0.05, 0) is 30.3 Å². The minimum atomic E-state index is -3.66. The number of ether oxygens (including phenoxy) is 1. The Labute approximate surface area is 182 Å². The minimum Gasteiger partial charge on any atom is -0.452 e. The SMILES string of the molecule is CCN(CC)S(=O)(=O)c1cccc(NC(=O)COC(=O)c2ccccc2NCCO)c1. The van der Waals surface area contributed by atoms with Gasteiger partial charge in [-0.15, -0.1) is 0 Å². The van der Waals surface area contributed by atoms with E-state index in [2.05, 4.69) is 10.6 Å². The number of benzene rings is 2. The lowest BCUT2D eigenvalue weighted by atomic mass is 10.2. The normalized spacial score (nSPS) is 11.2. The topological polar surface area (TPSA) is 125 Å². The van der Waals surface area contributed by atoms with Gasteiger partial charge in [0, 0.05) is 31.0 Å². The van der Waals surface area contributed by atoms with E-state index < -0.39 is 28.5 Å². The van der Waals surface area contributed by atoms with Crippen molar-refractivity contribution >= 4 is 33.3 Å². The van der Waals surface area contributed by atoms with E-state index in [9.17, 15) is 18.0 Å². The number of esters is 1. The first-order chi connectivity index (χ1) is 14.8. The summed E-state index contributed by atoms with van der Waals surface area (Å²) in [4.78, 5) is 24.6. The van der Waals surface area contributed by atoms with Crippen LogP contribution in [-0.4, -0.2) is 62.6 Å². The van der Waals surface area contributed by atoms with Crippen LogP contribution in [0.25, 0.3) is 0 Å². The molecule has 0 aromatic heterocycles. The maximum Gasteiger partial charge on any atom is 0.340 e. The molecule has 0 fully saturated rings. The summed E-state index contributed by atoms with van der Waals surface area (Å²) in [7, 11) is -3.66. The molecule has 0 saturated heterocycles. The first-order valence-electron chi connectivity index (χ1n) is 9.84. The van der Waals surface area contributed by atoms with Gasteiger partial charge in [0.2, 0.25) is 10.0 Å². The molecule has 0 radical (unpaired) electrons. The number of hydrogen-bond acceptors (Lipinski definition) is 7. The van der Waals surface area contributed by atoms with Gasteiger partial charge in [0.1, 0.15) is 0 Å². The summed E-state index contributed by atoms with van der Waals surface area (Å²) in [6.45, 7) is 3.78. The van der Waals surface area contributed by atoms with Crippen LogP contribution >= 0.6 is 0 Å². The van der Waals surface area contributed by atoms with E-state index in [0.29, 0.717) is 18.8 Å². The van der Waals surface area contributed by atoms with Crippen molar-refractivity contribution in [2.75, 3.05) is 43.5 Å². The van der Waals surface area contributed by atoms with Crippen LogP contribution in [0.1, 0.15) is 24.2 Å². The van der Waals surface area contributed by atoms with E-state index in [0.717, 1.165) is 0 Å². The lowest BCUT2D eigenvalue weighted by Crippen LogP contribution is -2.30. The van der Waals surface area contributed by atoms with Gasteiger partial charge in [-0.2, -0.15) is 4.31 Å². The summed E-state index contributed by atoms with van der Waals surface area (Å²) < 4.78 is 31.7. The zero-order valence-corrected chi connectivity index (χ0v) is 18.3. The van der Waals surface area contributed by atoms with Gasteiger partial charge in [0.15, 0.2) is 6.61 Å². The van der Waals surface area contributed by atoms with E-state index in [1.54, 1.807) is 44.2 Å². The van der Waals surface area contributed by atoms with Gasteiger partial charge < -0.3 is 20.5 Å². The number of rotatable bonds is 11. The molecule has 0 saturated carbocycles. The zero-order valence-electron chi connectivity index (χ0n) is 17.5. The van der Waals surface area contributed by atoms with Gasteiger partial charge in [0.05, 0.1) is 17.1 Å². The van der Waals surface area contributed by atoms with E-state index in [1.165, 1.54) is 22.5 Å². The fourth-order valence-corrected chi connectivity index (χ4v) is 4.36. The van der Waals surface area contributed by atoms with Crippen LogP contribution in [0, 0.1) is 0 Å². The molecule has 0 aliphatic rings.